The zero-order valence-corrected chi connectivity index (χ0v) is 14.0. The van der Waals surface area contributed by atoms with Crippen molar-refractivity contribution in [1.82, 2.24) is 4.72 Å². The van der Waals surface area contributed by atoms with Gasteiger partial charge in [0.25, 0.3) is 5.78 Å². The zero-order chi connectivity index (χ0) is 16.7. The Kier molecular flexibility index (Phi) is 4.34. The average molecular weight is 366 g/mol. The van der Waals surface area contributed by atoms with E-state index in [1.54, 1.807) is 0 Å². The molecular formula is C13H13Cl2NO5S. The first kappa shape index (κ1) is 16.9. The van der Waals surface area contributed by atoms with Gasteiger partial charge in [-0.25, -0.2) is 8.42 Å². The lowest BCUT2D eigenvalue weighted by Gasteiger charge is -2.24. The van der Waals surface area contributed by atoms with E-state index < -0.39 is 33.0 Å². The molecule has 2 N–H and O–H groups in total. The Balaban J connectivity index is 2.42. The number of ether oxygens (including phenoxy) is 1. The van der Waals surface area contributed by atoms with Gasteiger partial charge in [-0.15, -0.1) is 0 Å². The highest BCUT2D eigenvalue weighted by Gasteiger charge is 2.48. The first-order chi connectivity index (χ1) is 10.1. The lowest BCUT2D eigenvalue weighted by atomic mass is 9.92. The molecule has 0 bridgehead atoms. The molecule has 1 aliphatic heterocycles. The second kappa shape index (κ2) is 5.64. The van der Waals surface area contributed by atoms with Crippen molar-refractivity contribution in [3.8, 4) is 0 Å². The highest BCUT2D eigenvalue weighted by atomic mass is 35.5. The number of sulfonamides is 1. The molecule has 0 radical (unpaired) electrons. The predicted molar refractivity (Wildman–Crippen MR) is 82.2 cm³/mol. The maximum Gasteiger partial charge on any atom is 0.250 e. The molecule has 2 rings (SSSR count). The van der Waals surface area contributed by atoms with Crippen LogP contribution in [0.5, 0.6) is 0 Å². The van der Waals surface area contributed by atoms with Crippen LogP contribution in [0.1, 0.15) is 19.4 Å². The van der Waals surface area contributed by atoms with Crippen LogP contribution in [-0.2, 0) is 25.2 Å². The van der Waals surface area contributed by atoms with Gasteiger partial charge in [0.2, 0.25) is 21.7 Å². The number of aliphatic hydroxyl groups is 1. The number of carbonyl (C=O) groups is 1. The molecule has 22 heavy (non-hydrogen) atoms. The number of aliphatic hydroxyl groups excluding tert-OH is 1. The van der Waals surface area contributed by atoms with Gasteiger partial charge in [0, 0.05) is 15.6 Å². The van der Waals surface area contributed by atoms with Crippen molar-refractivity contribution in [3.63, 3.8) is 0 Å². The highest BCUT2D eigenvalue weighted by Crippen LogP contribution is 2.39. The van der Waals surface area contributed by atoms with E-state index >= 15 is 0 Å². The fraction of sp³-hybridized carbons (Fsp3) is 0.308. The van der Waals surface area contributed by atoms with Crippen molar-refractivity contribution in [1.29, 1.82) is 0 Å². The van der Waals surface area contributed by atoms with Gasteiger partial charge in [-0.3, -0.25) is 9.52 Å². The zero-order valence-electron chi connectivity index (χ0n) is 11.7. The van der Waals surface area contributed by atoms with Crippen LogP contribution in [0, 0.1) is 0 Å². The maximum atomic E-state index is 12.3. The quantitative estimate of drug-likeness (QED) is 0.854. The SMILES string of the molecule is CCS(=O)(=O)NC1=C(O)C(=O)C(C)(c2cc(Cl)cc(Cl)c2)O1. The summed E-state index contributed by atoms with van der Waals surface area (Å²) in [6, 6.07) is 4.38. The molecule has 1 heterocycles. The van der Waals surface area contributed by atoms with Gasteiger partial charge < -0.3 is 9.84 Å². The van der Waals surface area contributed by atoms with Crippen LogP contribution in [0.3, 0.4) is 0 Å². The molecule has 0 aromatic heterocycles. The maximum absolute atomic E-state index is 12.3. The van der Waals surface area contributed by atoms with Crippen LogP contribution < -0.4 is 4.72 Å². The Morgan fingerprint density at radius 3 is 2.32 bits per heavy atom. The second-order valence-corrected chi connectivity index (χ2v) is 7.69. The molecule has 120 valence electrons. The van der Waals surface area contributed by atoms with Crippen LogP contribution in [0.25, 0.3) is 0 Å². The van der Waals surface area contributed by atoms with Crippen molar-refractivity contribution in [3.05, 3.63) is 45.5 Å². The third kappa shape index (κ3) is 3.02. The molecule has 6 nitrogen and oxygen atoms in total. The molecule has 0 aliphatic carbocycles. The molecule has 0 fully saturated rings. The molecule has 1 aliphatic rings. The number of benzene rings is 1. The number of rotatable bonds is 4. The molecule has 1 aromatic carbocycles. The first-order valence-corrected chi connectivity index (χ1v) is 8.64. The van der Waals surface area contributed by atoms with Crippen molar-refractivity contribution in [2.75, 3.05) is 5.75 Å². The molecular weight excluding hydrogens is 353 g/mol. The fourth-order valence-electron chi connectivity index (χ4n) is 1.93. The first-order valence-electron chi connectivity index (χ1n) is 6.23. The van der Waals surface area contributed by atoms with Crippen molar-refractivity contribution in [2.24, 2.45) is 0 Å². The Morgan fingerprint density at radius 2 is 1.82 bits per heavy atom. The number of halogens is 2. The number of Topliss-reactive ketones (excluding diaryl/α,β-unsaturated/α-hetero) is 1. The number of nitrogens with one attached hydrogen (secondary N) is 1. The van der Waals surface area contributed by atoms with Crippen molar-refractivity contribution >= 4 is 39.0 Å². The average Bonchev–Trinajstić information content (AvgIpc) is 2.63. The lowest BCUT2D eigenvalue weighted by Crippen LogP contribution is -2.32. The third-order valence-corrected chi connectivity index (χ3v) is 4.90. The molecule has 0 spiro atoms. The monoisotopic (exact) mass is 365 g/mol. The predicted octanol–water partition coefficient (Wildman–Crippen LogP) is 2.47. The normalized spacial score (nSPS) is 21.9. The lowest BCUT2D eigenvalue weighted by molar-refractivity contribution is -0.131. The summed E-state index contributed by atoms with van der Waals surface area (Å²) in [5.74, 6) is -2.33. The number of ketones is 1. The van der Waals surface area contributed by atoms with E-state index in [1.807, 2.05) is 4.72 Å². The van der Waals surface area contributed by atoms with Gasteiger partial charge in [-0.2, -0.15) is 0 Å². The van der Waals surface area contributed by atoms with E-state index in [-0.39, 0.29) is 15.8 Å². The summed E-state index contributed by atoms with van der Waals surface area (Å²) in [6.45, 7) is 2.80. The minimum Gasteiger partial charge on any atom is -0.501 e. The molecule has 1 unspecified atom stereocenters. The summed E-state index contributed by atoms with van der Waals surface area (Å²) in [5.41, 5.74) is -1.32. The van der Waals surface area contributed by atoms with E-state index in [1.165, 1.54) is 32.0 Å². The van der Waals surface area contributed by atoms with Crippen LogP contribution in [0.2, 0.25) is 10.0 Å². The largest absolute Gasteiger partial charge is 0.501 e. The number of carbonyl (C=O) groups excluding carboxylic acids is 1. The van der Waals surface area contributed by atoms with Gasteiger partial charge in [-0.05, 0) is 32.0 Å². The van der Waals surface area contributed by atoms with E-state index in [0.717, 1.165) is 0 Å². The molecule has 9 heteroatoms. The molecule has 0 saturated carbocycles. The minimum atomic E-state index is -3.71. The van der Waals surface area contributed by atoms with Crippen molar-refractivity contribution < 1.29 is 23.1 Å². The second-order valence-electron chi connectivity index (χ2n) is 4.81. The van der Waals surface area contributed by atoms with Crippen LogP contribution in [-0.4, -0.2) is 25.1 Å². The summed E-state index contributed by atoms with van der Waals surface area (Å²) in [7, 11) is -3.71. The Labute approximate surface area is 137 Å². The smallest absolute Gasteiger partial charge is 0.250 e. The van der Waals surface area contributed by atoms with Crippen LogP contribution in [0.15, 0.2) is 29.8 Å². The van der Waals surface area contributed by atoms with Gasteiger partial charge in [0.1, 0.15) is 0 Å². The standard InChI is InChI=1S/C13H13Cl2NO5S/c1-3-22(19,20)16-12-10(17)11(18)13(2,21-12)7-4-8(14)6-9(15)5-7/h4-6,16-17H,3H2,1-2H3. The molecule has 0 saturated heterocycles. The van der Waals surface area contributed by atoms with Gasteiger partial charge in [0.15, 0.2) is 5.60 Å². The Morgan fingerprint density at radius 1 is 1.27 bits per heavy atom. The Bertz CT molecular complexity index is 754. The number of hydrogen-bond donors (Lipinski definition) is 2. The van der Waals surface area contributed by atoms with Gasteiger partial charge >= 0.3 is 0 Å². The molecule has 1 atom stereocenters. The minimum absolute atomic E-state index is 0.235. The van der Waals surface area contributed by atoms with Crippen molar-refractivity contribution in [2.45, 2.75) is 19.4 Å². The summed E-state index contributed by atoms with van der Waals surface area (Å²) < 4.78 is 30.6. The highest BCUT2D eigenvalue weighted by molar-refractivity contribution is 7.89. The topological polar surface area (TPSA) is 92.7 Å². The Hall–Kier alpha value is -1.44. The fourth-order valence-corrected chi connectivity index (χ4v) is 3.02. The summed E-state index contributed by atoms with van der Waals surface area (Å²) >= 11 is 11.8. The molecule has 1 aromatic rings. The van der Waals surface area contributed by atoms with E-state index in [4.69, 9.17) is 27.9 Å². The van der Waals surface area contributed by atoms with Gasteiger partial charge in [-0.1, -0.05) is 23.2 Å². The van der Waals surface area contributed by atoms with Gasteiger partial charge in [0.05, 0.1) is 5.75 Å². The third-order valence-electron chi connectivity index (χ3n) is 3.21. The van der Waals surface area contributed by atoms with E-state index in [0.29, 0.717) is 5.56 Å². The molecule has 0 amide bonds. The van der Waals surface area contributed by atoms with Crippen LogP contribution in [0.4, 0.5) is 0 Å². The van der Waals surface area contributed by atoms with E-state index in [9.17, 15) is 18.3 Å². The number of hydrogen-bond acceptors (Lipinski definition) is 5. The van der Waals surface area contributed by atoms with E-state index in [2.05, 4.69) is 0 Å². The summed E-state index contributed by atoms with van der Waals surface area (Å²) in [5, 5.41) is 10.4. The summed E-state index contributed by atoms with van der Waals surface area (Å²) in [4.78, 5) is 12.3. The summed E-state index contributed by atoms with van der Waals surface area (Å²) in [6.07, 6.45) is 0. The van der Waals surface area contributed by atoms with Crippen LogP contribution >= 0.6 is 23.2 Å².